The van der Waals surface area contributed by atoms with Gasteiger partial charge in [-0.15, -0.1) is 0 Å². The second kappa shape index (κ2) is 17.3. The molecule has 0 amide bonds. The van der Waals surface area contributed by atoms with Crippen molar-refractivity contribution in [3.63, 3.8) is 0 Å². The molecule has 1 aromatic carbocycles. The summed E-state index contributed by atoms with van der Waals surface area (Å²) in [6.07, 6.45) is 5.13. The summed E-state index contributed by atoms with van der Waals surface area (Å²) in [5.74, 6) is 1.46. The number of carbonyl (C=O) groups is 2. The Morgan fingerprint density at radius 2 is 1.68 bits per heavy atom. The molecular weight excluding hydrogens is 478 g/mol. The standard InChI is InChI=1S/C25H35N3O3.2CH2O2/c1-26-10-6-23(19-25(26)29)22-7-11-28(12-8-22)20-21-4-2-5-24(18-21)31-15-3-9-27-13-16-30-17-14-27;2*2-1-3/h2,4-6,10,18-19,22H,3,7-9,11-17,20H2,1H3;2*1H,(H,2,3). The van der Waals surface area contributed by atoms with Crippen LogP contribution >= 0.6 is 0 Å². The molecule has 37 heavy (non-hydrogen) atoms. The first kappa shape index (κ1) is 30.0. The SMILES string of the molecule is Cn1ccc(C2CCN(Cc3cccc(OCCCN4CCOCC4)c3)CC2)cc1=O.O=CO.O=CO. The van der Waals surface area contributed by atoms with Crippen molar-refractivity contribution in [1.29, 1.82) is 0 Å². The molecule has 3 heterocycles. The molecule has 10 nitrogen and oxygen atoms in total. The van der Waals surface area contributed by atoms with Crippen molar-refractivity contribution in [3.05, 3.63) is 64.1 Å². The maximum absolute atomic E-state index is 11.9. The summed E-state index contributed by atoms with van der Waals surface area (Å²) in [5, 5.41) is 13.8. The molecule has 2 fully saturated rings. The number of pyridine rings is 1. The fourth-order valence-electron chi connectivity index (χ4n) is 4.54. The lowest BCUT2D eigenvalue weighted by Gasteiger charge is -2.32. The summed E-state index contributed by atoms with van der Waals surface area (Å²) in [7, 11) is 1.80. The van der Waals surface area contributed by atoms with E-state index in [0.717, 1.165) is 84.1 Å². The van der Waals surface area contributed by atoms with E-state index in [-0.39, 0.29) is 18.5 Å². The highest BCUT2D eigenvalue weighted by Crippen LogP contribution is 2.28. The molecule has 2 aliphatic rings. The number of nitrogens with zero attached hydrogens (tertiary/aromatic N) is 3. The molecule has 0 saturated carbocycles. The van der Waals surface area contributed by atoms with Gasteiger partial charge < -0.3 is 24.3 Å². The lowest BCUT2D eigenvalue weighted by molar-refractivity contribution is -0.123. The molecule has 0 radical (unpaired) electrons. The van der Waals surface area contributed by atoms with Gasteiger partial charge in [-0.1, -0.05) is 12.1 Å². The number of hydrogen-bond donors (Lipinski definition) is 2. The Morgan fingerprint density at radius 3 is 2.32 bits per heavy atom. The van der Waals surface area contributed by atoms with Crippen LogP contribution in [0.1, 0.15) is 36.3 Å². The maximum atomic E-state index is 11.9. The number of rotatable bonds is 8. The minimum absolute atomic E-state index is 0.0849. The van der Waals surface area contributed by atoms with Crippen LogP contribution in [0.3, 0.4) is 0 Å². The topological polar surface area (TPSA) is 122 Å². The summed E-state index contributed by atoms with van der Waals surface area (Å²) < 4.78 is 13.0. The van der Waals surface area contributed by atoms with Gasteiger partial charge in [-0.2, -0.15) is 0 Å². The predicted molar refractivity (Wildman–Crippen MR) is 140 cm³/mol. The van der Waals surface area contributed by atoms with Crippen LogP contribution in [-0.2, 0) is 27.9 Å². The molecule has 0 spiro atoms. The van der Waals surface area contributed by atoms with Crippen molar-refractivity contribution in [2.24, 2.45) is 7.05 Å². The summed E-state index contributed by atoms with van der Waals surface area (Å²) >= 11 is 0. The highest BCUT2D eigenvalue weighted by atomic mass is 16.5. The Morgan fingerprint density at radius 1 is 1.00 bits per heavy atom. The Balaban J connectivity index is 0.000000733. The van der Waals surface area contributed by atoms with Crippen LogP contribution < -0.4 is 10.3 Å². The van der Waals surface area contributed by atoms with Crippen LogP contribution in [0.25, 0.3) is 0 Å². The average Bonchev–Trinajstić information content (AvgIpc) is 2.91. The first-order valence-electron chi connectivity index (χ1n) is 12.6. The van der Waals surface area contributed by atoms with Gasteiger partial charge in [0.1, 0.15) is 5.75 Å². The summed E-state index contributed by atoms with van der Waals surface area (Å²) in [6.45, 7) is 8.17. The van der Waals surface area contributed by atoms with E-state index in [2.05, 4.69) is 40.1 Å². The normalized spacial score (nSPS) is 16.5. The third-order valence-electron chi connectivity index (χ3n) is 6.48. The van der Waals surface area contributed by atoms with Crippen LogP contribution in [0.2, 0.25) is 0 Å². The minimum Gasteiger partial charge on any atom is -0.494 e. The summed E-state index contributed by atoms with van der Waals surface area (Å²) in [5.41, 5.74) is 2.58. The number of carboxylic acid groups (broad SMARTS) is 2. The van der Waals surface area contributed by atoms with Crippen LogP contribution in [-0.4, -0.2) is 90.1 Å². The lowest BCUT2D eigenvalue weighted by Crippen LogP contribution is -2.37. The molecule has 1 aromatic heterocycles. The predicted octanol–water partition coefficient (Wildman–Crippen LogP) is 2.27. The molecule has 0 bridgehead atoms. The zero-order valence-electron chi connectivity index (χ0n) is 21.5. The quantitative estimate of drug-likeness (QED) is 0.401. The number of benzene rings is 1. The molecule has 2 aliphatic heterocycles. The molecule has 204 valence electrons. The van der Waals surface area contributed by atoms with E-state index in [1.165, 1.54) is 11.1 Å². The van der Waals surface area contributed by atoms with Gasteiger partial charge >= 0.3 is 0 Å². The van der Waals surface area contributed by atoms with Crippen LogP contribution in [0.5, 0.6) is 5.75 Å². The molecule has 10 heteroatoms. The van der Waals surface area contributed by atoms with E-state index in [1.54, 1.807) is 17.7 Å². The van der Waals surface area contributed by atoms with Crippen molar-refractivity contribution in [3.8, 4) is 5.75 Å². The van der Waals surface area contributed by atoms with Gasteiger partial charge in [0.2, 0.25) is 0 Å². The van der Waals surface area contributed by atoms with Crippen molar-refractivity contribution < 1.29 is 29.3 Å². The summed E-state index contributed by atoms with van der Waals surface area (Å²) in [4.78, 5) is 33.6. The number of morpholine rings is 1. The lowest BCUT2D eigenvalue weighted by atomic mass is 9.90. The minimum atomic E-state index is -0.250. The fraction of sp³-hybridized carbons (Fsp3) is 0.519. The average molecular weight is 518 g/mol. The zero-order chi connectivity index (χ0) is 26.9. The highest BCUT2D eigenvalue weighted by molar-refractivity contribution is 5.33. The maximum Gasteiger partial charge on any atom is 0.290 e. The highest BCUT2D eigenvalue weighted by Gasteiger charge is 2.21. The van der Waals surface area contributed by atoms with Crippen molar-refractivity contribution in [2.75, 3.05) is 52.5 Å². The van der Waals surface area contributed by atoms with Gasteiger partial charge in [0.05, 0.1) is 19.8 Å². The molecule has 0 aliphatic carbocycles. The van der Waals surface area contributed by atoms with Gasteiger partial charge in [-0.25, -0.2) is 0 Å². The molecule has 0 atom stereocenters. The number of hydrogen-bond acceptors (Lipinski definition) is 7. The number of aromatic nitrogens is 1. The van der Waals surface area contributed by atoms with E-state index in [9.17, 15) is 4.79 Å². The molecule has 2 N–H and O–H groups in total. The molecule has 2 saturated heterocycles. The van der Waals surface area contributed by atoms with Crippen molar-refractivity contribution in [2.45, 2.75) is 31.7 Å². The van der Waals surface area contributed by atoms with E-state index in [1.807, 2.05) is 6.20 Å². The second-order valence-electron chi connectivity index (χ2n) is 8.97. The number of aryl methyl sites for hydroxylation is 1. The number of ether oxygens (including phenoxy) is 2. The van der Waals surface area contributed by atoms with Gasteiger partial charge in [-0.05, 0) is 67.6 Å². The van der Waals surface area contributed by atoms with Gasteiger partial charge in [0, 0.05) is 45.5 Å². The van der Waals surface area contributed by atoms with E-state index in [0.29, 0.717) is 5.92 Å². The monoisotopic (exact) mass is 517 g/mol. The first-order chi connectivity index (χ1) is 18.0. The molecule has 2 aromatic rings. The first-order valence-corrected chi connectivity index (χ1v) is 12.6. The van der Waals surface area contributed by atoms with Gasteiger partial charge in [0.25, 0.3) is 18.5 Å². The van der Waals surface area contributed by atoms with E-state index < -0.39 is 0 Å². The smallest absolute Gasteiger partial charge is 0.290 e. The Labute approximate surface area is 218 Å². The largest absolute Gasteiger partial charge is 0.494 e. The Hall–Kier alpha value is -3.21. The molecule has 0 unspecified atom stereocenters. The summed E-state index contributed by atoms with van der Waals surface area (Å²) in [6, 6.07) is 12.4. The Bertz CT molecular complexity index is 978. The van der Waals surface area contributed by atoms with Gasteiger partial charge in [0.15, 0.2) is 0 Å². The van der Waals surface area contributed by atoms with Crippen LogP contribution in [0.15, 0.2) is 47.4 Å². The van der Waals surface area contributed by atoms with E-state index >= 15 is 0 Å². The van der Waals surface area contributed by atoms with E-state index in [4.69, 9.17) is 29.3 Å². The third kappa shape index (κ3) is 11.2. The zero-order valence-corrected chi connectivity index (χ0v) is 21.5. The molecular formula is C27H39N3O7. The van der Waals surface area contributed by atoms with Crippen molar-refractivity contribution in [1.82, 2.24) is 14.4 Å². The number of piperidine rings is 1. The second-order valence-corrected chi connectivity index (χ2v) is 8.97. The number of likely N-dealkylation sites (tertiary alicyclic amines) is 1. The Kier molecular flexibility index (Phi) is 14.0. The third-order valence-corrected chi connectivity index (χ3v) is 6.48. The van der Waals surface area contributed by atoms with Gasteiger partial charge in [-0.3, -0.25) is 24.2 Å². The van der Waals surface area contributed by atoms with Crippen LogP contribution in [0, 0.1) is 0 Å². The molecule has 4 rings (SSSR count). The van der Waals surface area contributed by atoms with Crippen LogP contribution in [0.4, 0.5) is 0 Å². The van der Waals surface area contributed by atoms with Crippen molar-refractivity contribution >= 4 is 12.9 Å². The fourth-order valence-corrected chi connectivity index (χ4v) is 4.54.